The fourth-order valence-corrected chi connectivity index (χ4v) is 0.890. The summed E-state index contributed by atoms with van der Waals surface area (Å²) in [6.45, 7) is 2.62. The number of aromatic nitrogens is 1. The van der Waals surface area contributed by atoms with Crippen molar-refractivity contribution in [1.29, 1.82) is 0 Å². The third-order valence-corrected chi connectivity index (χ3v) is 1.47. The van der Waals surface area contributed by atoms with Crippen LogP contribution in [0.4, 0.5) is 4.79 Å². The molecule has 0 saturated heterocycles. The fraction of sp³-hybridized carbons (Fsp3) is 0.333. The van der Waals surface area contributed by atoms with Gasteiger partial charge >= 0.3 is 6.09 Å². The molecule has 1 rings (SSSR count). The van der Waals surface area contributed by atoms with Crippen LogP contribution < -0.4 is 10.3 Å². The number of pyridine rings is 1. The molecule has 0 unspecified atom stereocenters. The largest absolute Gasteiger partial charge is 0.450 e. The van der Waals surface area contributed by atoms with Crippen LogP contribution in [0.5, 0.6) is 0 Å². The Kier molecular flexibility index (Phi) is 3.75. The van der Waals surface area contributed by atoms with Gasteiger partial charge in [0.25, 0.3) is 0 Å². The third-order valence-electron chi connectivity index (χ3n) is 1.47. The molecule has 4 nitrogen and oxygen atoms in total. The number of alkyl carbamates (subject to hydrolysis) is 1. The third kappa shape index (κ3) is 3.55. The smallest absolute Gasteiger partial charge is 0.407 e. The summed E-state index contributed by atoms with van der Waals surface area (Å²) in [6.07, 6.45) is 1.42. The molecular weight excluding hydrogens is 168 g/mol. The van der Waals surface area contributed by atoms with Crippen molar-refractivity contribution in [2.45, 2.75) is 13.5 Å². The lowest BCUT2D eigenvalue weighted by atomic mass is 10.3. The highest BCUT2D eigenvalue weighted by Gasteiger charge is 2.02. The summed E-state index contributed by atoms with van der Waals surface area (Å²) in [5.74, 6) is 0. The van der Waals surface area contributed by atoms with E-state index in [-0.39, 0.29) is 6.09 Å². The number of carbonyl (C=O) groups is 1. The predicted molar refractivity (Wildman–Crippen MR) is 46.9 cm³/mol. The van der Waals surface area contributed by atoms with E-state index in [1.807, 2.05) is 24.4 Å². The molecule has 0 aliphatic carbocycles. The first-order valence-electron chi connectivity index (χ1n) is 4.19. The van der Waals surface area contributed by atoms with E-state index >= 15 is 0 Å². The van der Waals surface area contributed by atoms with Crippen LogP contribution in [0.1, 0.15) is 12.6 Å². The molecule has 2 N–H and O–H groups in total. The summed E-state index contributed by atoms with van der Waals surface area (Å²) >= 11 is 0. The average molecular weight is 181 g/mol. The molecule has 1 amide bonds. The minimum atomic E-state index is -0.389. The number of nitrogens with one attached hydrogen (secondary N) is 2. The minimum absolute atomic E-state index is 0.389. The first-order chi connectivity index (χ1) is 6.33. The van der Waals surface area contributed by atoms with Crippen LogP contribution in [-0.2, 0) is 11.3 Å². The minimum Gasteiger partial charge on any atom is -0.450 e. The second kappa shape index (κ2) is 5.13. The van der Waals surface area contributed by atoms with Crippen molar-refractivity contribution in [1.82, 2.24) is 5.32 Å². The van der Waals surface area contributed by atoms with E-state index in [2.05, 4.69) is 10.3 Å². The van der Waals surface area contributed by atoms with E-state index in [4.69, 9.17) is 4.74 Å². The zero-order valence-corrected chi connectivity index (χ0v) is 7.54. The van der Waals surface area contributed by atoms with E-state index in [1.165, 1.54) is 0 Å². The van der Waals surface area contributed by atoms with Gasteiger partial charge in [-0.15, -0.1) is 0 Å². The van der Waals surface area contributed by atoms with Crippen LogP contribution in [0.15, 0.2) is 24.4 Å². The van der Waals surface area contributed by atoms with Gasteiger partial charge in [0.15, 0.2) is 11.9 Å². The number of ether oxygens (including phenoxy) is 1. The summed E-state index contributed by atoms with van der Waals surface area (Å²) in [5.41, 5.74) is 0.940. The number of hydrogen-bond donors (Lipinski definition) is 1. The van der Waals surface area contributed by atoms with Gasteiger partial charge in [-0.1, -0.05) is 6.07 Å². The quantitative estimate of drug-likeness (QED) is 0.748. The SMILES string of the molecule is CCOC(=O)NCc1cccc[nH+]1. The summed E-state index contributed by atoms with van der Waals surface area (Å²) in [5, 5.41) is 2.61. The van der Waals surface area contributed by atoms with Crippen molar-refractivity contribution in [3.05, 3.63) is 30.1 Å². The molecule has 1 aromatic rings. The molecule has 0 saturated carbocycles. The lowest BCUT2D eigenvalue weighted by Gasteiger charge is -2.01. The standard InChI is InChI=1S/C9H12N2O2/c1-2-13-9(12)11-7-8-5-3-4-6-10-8/h3-6H,2,7H2,1H3,(H,11,12)/p+1. The first kappa shape index (κ1) is 9.51. The Morgan fingerprint density at radius 2 is 2.46 bits per heavy atom. The number of carbonyl (C=O) groups excluding carboxylic acids is 1. The number of aromatic amines is 1. The van der Waals surface area contributed by atoms with E-state index < -0.39 is 0 Å². The van der Waals surface area contributed by atoms with E-state index in [0.29, 0.717) is 13.2 Å². The summed E-state index contributed by atoms with van der Waals surface area (Å²) in [7, 11) is 0. The van der Waals surface area contributed by atoms with Gasteiger partial charge in [-0.25, -0.2) is 9.78 Å². The second-order valence-corrected chi connectivity index (χ2v) is 2.46. The predicted octanol–water partition coefficient (Wildman–Crippen LogP) is 0.747. The Morgan fingerprint density at radius 3 is 3.08 bits per heavy atom. The van der Waals surface area contributed by atoms with Gasteiger partial charge in [0.1, 0.15) is 6.54 Å². The van der Waals surface area contributed by atoms with Crippen molar-refractivity contribution < 1.29 is 14.5 Å². The Labute approximate surface area is 76.9 Å². The molecule has 0 radical (unpaired) electrons. The maximum absolute atomic E-state index is 10.9. The van der Waals surface area contributed by atoms with Crippen LogP contribution in [0.25, 0.3) is 0 Å². The Morgan fingerprint density at radius 1 is 1.62 bits per heavy atom. The molecule has 0 fully saturated rings. The second-order valence-electron chi connectivity index (χ2n) is 2.46. The molecule has 0 atom stereocenters. The van der Waals surface area contributed by atoms with Gasteiger partial charge in [0.05, 0.1) is 6.61 Å². The van der Waals surface area contributed by atoms with Crippen LogP contribution in [-0.4, -0.2) is 12.7 Å². The highest BCUT2D eigenvalue weighted by atomic mass is 16.5. The molecule has 13 heavy (non-hydrogen) atoms. The van der Waals surface area contributed by atoms with Crippen LogP contribution >= 0.6 is 0 Å². The van der Waals surface area contributed by atoms with Crippen molar-refractivity contribution in [3.63, 3.8) is 0 Å². The fourth-order valence-electron chi connectivity index (χ4n) is 0.890. The maximum Gasteiger partial charge on any atom is 0.407 e. The highest BCUT2D eigenvalue weighted by molar-refractivity contribution is 5.66. The molecule has 0 aliphatic heterocycles. The molecule has 0 spiro atoms. The summed E-state index contributed by atoms with van der Waals surface area (Å²) < 4.78 is 4.70. The zero-order valence-electron chi connectivity index (χ0n) is 7.54. The molecule has 0 bridgehead atoms. The van der Waals surface area contributed by atoms with Gasteiger partial charge in [-0.2, -0.15) is 0 Å². The summed E-state index contributed by atoms with van der Waals surface area (Å²) in [6, 6.07) is 5.68. The molecule has 70 valence electrons. The molecule has 1 aromatic heterocycles. The Hall–Kier alpha value is -1.58. The normalized spacial score (nSPS) is 9.31. The number of amides is 1. The first-order valence-corrected chi connectivity index (χ1v) is 4.19. The Balaban J connectivity index is 2.31. The molecule has 0 aromatic carbocycles. The zero-order chi connectivity index (χ0) is 9.52. The monoisotopic (exact) mass is 181 g/mol. The van der Waals surface area contributed by atoms with Crippen molar-refractivity contribution in [3.8, 4) is 0 Å². The van der Waals surface area contributed by atoms with Gasteiger partial charge in [0, 0.05) is 12.1 Å². The van der Waals surface area contributed by atoms with Gasteiger partial charge in [-0.3, -0.25) is 0 Å². The average Bonchev–Trinajstić information content (AvgIpc) is 2.17. The van der Waals surface area contributed by atoms with Crippen molar-refractivity contribution in [2.24, 2.45) is 0 Å². The van der Waals surface area contributed by atoms with Gasteiger partial charge < -0.3 is 10.1 Å². The van der Waals surface area contributed by atoms with Crippen molar-refractivity contribution in [2.75, 3.05) is 6.61 Å². The molecule has 4 heteroatoms. The van der Waals surface area contributed by atoms with Crippen LogP contribution in [0, 0.1) is 0 Å². The van der Waals surface area contributed by atoms with Gasteiger partial charge in [-0.05, 0) is 6.92 Å². The summed E-state index contributed by atoms with van der Waals surface area (Å²) in [4.78, 5) is 13.9. The highest BCUT2D eigenvalue weighted by Crippen LogP contribution is 1.87. The van der Waals surface area contributed by atoms with E-state index in [0.717, 1.165) is 5.69 Å². The molecule has 0 aliphatic rings. The topological polar surface area (TPSA) is 52.5 Å². The van der Waals surface area contributed by atoms with Gasteiger partial charge in [0.2, 0.25) is 0 Å². The number of H-pyrrole nitrogens is 1. The van der Waals surface area contributed by atoms with E-state index in [9.17, 15) is 4.79 Å². The van der Waals surface area contributed by atoms with Crippen molar-refractivity contribution >= 4 is 6.09 Å². The molecule has 1 heterocycles. The lowest BCUT2D eigenvalue weighted by Crippen LogP contribution is -2.26. The lowest BCUT2D eigenvalue weighted by molar-refractivity contribution is -0.390. The number of hydrogen-bond acceptors (Lipinski definition) is 2. The maximum atomic E-state index is 10.9. The van der Waals surface area contributed by atoms with Crippen LogP contribution in [0.3, 0.4) is 0 Å². The number of rotatable bonds is 3. The Bertz CT molecular complexity index is 262. The van der Waals surface area contributed by atoms with E-state index in [1.54, 1.807) is 6.92 Å². The molecular formula is C9H13N2O2+. The van der Waals surface area contributed by atoms with Crippen LogP contribution in [0.2, 0.25) is 0 Å².